The highest BCUT2D eigenvalue weighted by Crippen LogP contribution is 2.26. The van der Waals surface area contributed by atoms with E-state index in [1.807, 2.05) is 6.92 Å². The number of rotatable bonds is 5. The van der Waals surface area contributed by atoms with Gasteiger partial charge in [-0.1, -0.05) is 31.5 Å². The third-order valence-electron chi connectivity index (χ3n) is 2.75. The summed E-state index contributed by atoms with van der Waals surface area (Å²) in [6.07, 6.45) is 1.66. The van der Waals surface area contributed by atoms with E-state index < -0.39 is 17.3 Å². The Balaban J connectivity index is 2.53. The maximum Gasteiger partial charge on any atom is 0.339 e. The minimum atomic E-state index is -1.32. The molecular formula is C14H14FNO3. The van der Waals surface area contributed by atoms with Crippen molar-refractivity contribution in [2.45, 2.75) is 19.8 Å². The molecule has 0 aliphatic rings. The summed E-state index contributed by atoms with van der Waals surface area (Å²) in [6.45, 7) is 2.30. The van der Waals surface area contributed by atoms with Crippen molar-refractivity contribution in [2.75, 3.05) is 6.61 Å². The van der Waals surface area contributed by atoms with Gasteiger partial charge in [-0.05, 0) is 12.5 Å². The molecule has 0 spiro atoms. The molecule has 0 unspecified atom stereocenters. The highest BCUT2D eigenvalue weighted by atomic mass is 19.1. The highest BCUT2D eigenvalue weighted by molar-refractivity contribution is 6.03. The number of aromatic carboxylic acids is 1. The molecule has 2 aromatic rings. The van der Waals surface area contributed by atoms with Crippen LogP contribution in [0.4, 0.5) is 4.39 Å². The molecule has 1 aromatic carbocycles. The monoisotopic (exact) mass is 263 g/mol. The van der Waals surface area contributed by atoms with Gasteiger partial charge in [-0.25, -0.2) is 14.2 Å². The lowest BCUT2D eigenvalue weighted by Gasteiger charge is -2.10. The number of halogens is 1. The quantitative estimate of drug-likeness (QED) is 0.841. The molecule has 100 valence electrons. The Bertz CT molecular complexity index is 613. The van der Waals surface area contributed by atoms with Crippen molar-refractivity contribution in [3.05, 3.63) is 35.6 Å². The third kappa shape index (κ3) is 2.65. The summed E-state index contributed by atoms with van der Waals surface area (Å²) in [5, 5.41) is 9.41. The van der Waals surface area contributed by atoms with Crippen LogP contribution in [-0.2, 0) is 0 Å². The first-order valence-electron chi connectivity index (χ1n) is 6.09. The molecule has 5 heteroatoms. The molecule has 0 saturated carbocycles. The SMILES string of the molecule is CCCCOc1nc2ccccc2c(C(=O)O)c1F. The second kappa shape index (κ2) is 5.65. The van der Waals surface area contributed by atoms with E-state index >= 15 is 0 Å². The normalized spacial score (nSPS) is 10.6. The Morgan fingerprint density at radius 2 is 2.16 bits per heavy atom. The van der Waals surface area contributed by atoms with Crippen molar-refractivity contribution in [1.29, 1.82) is 0 Å². The van der Waals surface area contributed by atoms with Gasteiger partial charge in [0.1, 0.15) is 5.56 Å². The number of aromatic nitrogens is 1. The van der Waals surface area contributed by atoms with Crippen molar-refractivity contribution in [2.24, 2.45) is 0 Å². The number of carboxylic acid groups (broad SMARTS) is 1. The van der Waals surface area contributed by atoms with Gasteiger partial charge in [0.25, 0.3) is 5.88 Å². The Kier molecular flexibility index (Phi) is 3.94. The lowest BCUT2D eigenvalue weighted by molar-refractivity contribution is 0.0692. The molecule has 1 N–H and O–H groups in total. The second-order valence-corrected chi connectivity index (χ2v) is 4.13. The van der Waals surface area contributed by atoms with Gasteiger partial charge in [-0.15, -0.1) is 0 Å². The Labute approximate surface area is 109 Å². The number of para-hydroxylation sites is 1. The van der Waals surface area contributed by atoms with Crippen molar-refractivity contribution in [3.8, 4) is 5.88 Å². The number of benzene rings is 1. The van der Waals surface area contributed by atoms with Gasteiger partial charge in [0, 0.05) is 5.39 Å². The summed E-state index contributed by atoms with van der Waals surface area (Å²) in [6, 6.07) is 6.53. The zero-order valence-electron chi connectivity index (χ0n) is 10.5. The van der Waals surface area contributed by atoms with Gasteiger partial charge in [0.2, 0.25) is 0 Å². The molecule has 0 aliphatic heterocycles. The first kappa shape index (κ1) is 13.3. The Morgan fingerprint density at radius 1 is 1.42 bits per heavy atom. The first-order chi connectivity index (χ1) is 9.15. The average molecular weight is 263 g/mol. The van der Waals surface area contributed by atoms with Crippen LogP contribution in [0.2, 0.25) is 0 Å². The molecule has 2 rings (SSSR count). The molecule has 4 nitrogen and oxygen atoms in total. The topological polar surface area (TPSA) is 59.4 Å². The Hall–Kier alpha value is -2.17. The van der Waals surface area contributed by atoms with E-state index in [1.54, 1.807) is 18.2 Å². The van der Waals surface area contributed by atoms with Crippen molar-refractivity contribution in [1.82, 2.24) is 4.98 Å². The number of carboxylic acids is 1. The van der Waals surface area contributed by atoms with E-state index in [4.69, 9.17) is 9.84 Å². The van der Waals surface area contributed by atoms with Crippen LogP contribution in [0, 0.1) is 5.82 Å². The fourth-order valence-corrected chi connectivity index (χ4v) is 1.78. The minimum absolute atomic E-state index is 0.246. The van der Waals surface area contributed by atoms with Crippen LogP contribution in [0.25, 0.3) is 10.9 Å². The largest absolute Gasteiger partial charge is 0.478 e. The summed E-state index contributed by atoms with van der Waals surface area (Å²) < 4.78 is 19.3. The fraction of sp³-hybridized carbons (Fsp3) is 0.286. The zero-order valence-corrected chi connectivity index (χ0v) is 10.5. The van der Waals surface area contributed by atoms with E-state index in [0.29, 0.717) is 12.1 Å². The number of nitrogens with zero attached hydrogens (tertiary/aromatic N) is 1. The van der Waals surface area contributed by atoms with Crippen molar-refractivity contribution in [3.63, 3.8) is 0 Å². The number of hydrogen-bond donors (Lipinski definition) is 1. The Morgan fingerprint density at radius 3 is 2.84 bits per heavy atom. The molecule has 0 amide bonds. The molecule has 0 atom stereocenters. The summed E-state index contributed by atoms with van der Waals surface area (Å²) in [5.74, 6) is -2.48. The molecule has 0 saturated heterocycles. The predicted molar refractivity (Wildman–Crippen MR) is 69.1 cm³/mol. The number of pyridine rings is 1. The molecule has 0 radical (unpaired) electrons. The molecule has 1 aromatic heterocycles. The first-order valence-corrected chi connectivity index (χ1v) is 6.09. The van der Waals surface area contributed by atoms with Gasteiger partial charge in [-0.2, -0.15) is 0 Å². The maximum atomic E-state index is 14.1. The standard InChI is InChI=1S/C14H14FNO3/c1-2-3-8-19-13-12(15)11(14(17)18)9-6-4-5-7-10(9)16-13/h4-7H,2-3,8H2,1H3,(H,17,18). The highest BCUT2D eigenvalue weighted by Gasteiger charge is 2.21. The van der Waals surface area contributed by atoms with Crippen molar-refractivity contribution >= 4 is 16.9 Å². The molecule has 0 aliphatic carbocycles. The van der Waals surface area contributed by atoms with Gasteiger partial charge >= 0.3 is 5.97 Å². The summed E-state index contributed by atoms with van der Waals surface area (Å²) in [7, 11) is 0. The van der Waals surface area contributed by atoms with Crippen LogP contribution in [0.1, 0.15) is 30.1 Å². The number of carbonyl (C=O) groups is 1. The van der Waals surface area contributed by atoms with E-state index in [0.717, 1.165) is 12.8 Å². The van der Waals surface area contributed by atoms with Gasteiger partial charge in [-0.3, -0.25) is 0 Å². The van der Waals surface area contributed by atoms with Crippen LogP contribution < -0.4 is 4.74 Å². The average Bonchev–Trinajstić information content (AvgIpc) is 2.39. The van der Waals surface area contributed by atoms with Crippen LogP contribution in [0.3, 0.4) is 0 Å². The number of unbranched alkanes of at least 4 members (excludes halogenated alkanes) is 1. The van der Waals surface area contributed by atoms with E-state index in [1.165, 1.54) is 6.07 Å². The van der Waals surface area contributed by atoms with Crippen LogP contribution in [-0.4, -0.2) is 22.7 Å². The predicted octanol–water partition coefficient (Wildman–Crippen LogP) is 3.25. The minimum Gasteiger partial charge on any atom is -0.478 e. The van der Waals surface area contributed by atoms with Crippen molar-refractivity contribution < 1.29 is 19.0 Å². The summed E-state index contributed by atoms with van der Waals surface area (Å²) in [4.78, 5) is 15.2. The molecular weight excluding hydrogens is 249 g/mol. The third-order valence-corrected chi connectivity index (χ3v) is 2.75. The zero-order chi connectivity index (χ0) is 13.8. The molecule has 0 fully saturated rings. The summed E-state index contributed by atoms with van der Waals surface area (Å²) in [5.41, 5.74) is 0.0184. The van der Waals surface area contributed by atoms with Gasteiger partial charge < -0.3 is 9.84 Å². The number of ether oxygens (including phenoxy) is 1. The van der Waals surface area contributed by atoms with Gasteiger partial charge in [0.05, 0.1) is 12.1 Å². The van der Waals surface area contributed by atoms with Crippen LogP contribution >= 0.6 is 0 Å². The van der Waals surface area contributed by atoms with E-state index in [-0.39, 0.29) is 11.3 Å². The second-order valence-electron chi connectivity index (χ2n) is 4.13. The van der Waals surface area contributed by atoms with E-state index in [2.05, 4.69) is 4.98 Å². The lowest BCUT2D eigenvalue weighted by Crippen LogP contribution is -2.08. The van der Waals surface area contributed by atoms with Crippen LogP contribution in [0.5, 0.6) is 5.88 Å². The number of fused-ring (bicyclic) bond motifs is 1. The van der Waals surface area contributed by atoms with E-state index in [9.17, 15) is 9.18 Å². The smallest absolute Gasteiger partial charge is 0.339 e. The lowest BCUT2D eigenvalue weighted by atomic mass is 10.1. The maximum absolute atomic E-state index is 14.1. The number of hydrogen-bond acceptors (Lipinski definition) is 3. The fourth-order valence-electron chi connectivity index (χ4n) is 1.78. The molecule has 1 heterocycles. The van der Waals surface area contributed by atoms with Crippen LogP contribution in [0.15, 0.2) is 24.3 Å². The molecule has 19 heavy (non-hydrogen) atoms. The molecule has 0 bridgehead atoms. The van der Waals surface area contributed by atoms with Gasteiger partial charge in [0.15, 0.2) is 5.82 Å². The summed E-state index contributed by atoms with van der Waals surface area (Å²) >= 11 is 0.